The van der Waals surface area contributed by atoms with Crippen molar-refractivity contribution in [1.29, 1.82) is 0 Å². The molecule has 0 N–H and O–H groups in total. The Morgan fingerprint density at radius 1 is 0.944 bits per heavy atom. The fourth-order valence-corrected chi connectivity index (χ4v) is 1.44. The van der Waals surface area contributed by atoms with E-state index in [0.717, 1.165) is 32.1 Å². The molecule has 0 atom stereocenters. The number of hydrogen-bond donors (Lipinski definition) is 0. The van der Waals surface area contributed by atoms with E-state index in [1.165, 1.54) is 0 Å². The number of rotatable bonds is 10. The van der Waals surface area contributed by atoms with Gasteiger partial charge in [0.25, 0.3) is 0 Å². The van der Waals surface area contributed by atoms with Crippen LogP contribution < -0.4 is 0 Å². The summed E-state index contributed by atoms with van der Waals surface area (Å²) in [5.74, 6) is -0.288. The Morgan fingerprint density at radius 3 is 2.11 bits per heavy atom. The van der Waals surface area contributed by atoms with Gasteiger partial charge in [-0.05, 0) is 33.1 Å². The molecule has 0 aliphatic heterocycles. The molecule has 0 saturated carbocycles. The maximum Gasteiger partial charge on any atom is 0.306 e. The second-order valence-corrected chi connectivity index (χ2v) is 4.67. The number of esters is 2. The van der Waals surface area contributed by atoms with Crippen molar-refractivity contribution in [3.8, 4) is 0 Å². The zero-order valence-electron chi connectivity index (χ0n) is 11.9. The Balaban J connectivity index is 3.34. The van der Waals surface area contributed by atoms with Crippen molar-refractivity contribution in [2.24, 2.45) is 0 Å². The van der Waals surface area contributed by atoms with Gasteiger partial charge in [-0.2, -0.15) is 0 Å². The first kappa shape index (κ1) is 16.9. The van der Waals surface area contributed by atoms with Crippen LogP contribution in [-0.4, -0.2) is 24.6 Å². The molecule has 0 saturated heterocycles. The monoisotopic (exact) mass is 258 g/mol. The first-order valence-electron chi connectivity index (χ1n) is 6.91. The summed E-state index contributed by atoms with van der Waals surface area (Å²) in [6.45, 7) is 6.26. The second-order valence-electron chi connectivity index (χ2n) is 4.67. The van der Waals surface area contributed by atoms with Crippen molar-refractivity contribution in [2.45, 2.75) is 71.8 Å². The molecule has 0 unspecified atom stereocenters. The molecule has 0 aromatic carbocycles. The lowest BCUT2D eigenvalue weighted by Gasteiger charge is -2.07. The molecule has 0 aliphatic carbocycles. The van der Waals surface area contributed by atoms with Crippen LogP contribution in [0.15, 0.2) is 0 Å². The van der Waals surface area contributed by atoms with Crippen LogP contribution in [0.3, 0.4) is 0 Å². The minimum atomic E-state index is -0.157. The fraction of sp³-hybridized carbons (Fsp3) is 0.857. The third-order valence-corrected chi connectivity index (χ3v) is 2.39. The summed E-state index contributed by atoms with van der Waals surface area (Å²) in [5, 5.41) is 0. The normalized spacial score (nSPS) is 10.4. The van der Waals surface area contributed by atoms with Gasteiger partial charge in [0.15, 0.2) is 0 Å². The van der Waals surface area contributed by atoms with Gasteiger partial charge in [-0.25, -0.2) is 0 Å². The molecule has 0 bridgehead atoms. The van der Waals surface area contributed by atoms with Gasteiger partial charge >= 0.3 is 11.9 Å². The Kier molecular flexibility index (Phi) is 10.4. The van der Waals surface area contributed by atoms with Gasteiger partial charge in [-0.1, -0.05) is 19.8 Å². The molecule has 0 rings (SSSR count). The third kappa shape index (κ3) is 11.4. The van der Waals surface area contributed by atoms with Crippen LogP contribution in [0.5, 0.6) is 0 Å². The lowest BCUT2D eigenvalue weighted by molar-refractivity contribution is -0.147. The van der Waals surface area contributed by atoms with Crippen LogP contribution in [0.2, 0.25) is 0 Å². The largest absolute Gasteiger partial charge is 0.466 e. The summed E-state index contributed by atoms with van der Waals surface area (Å²) in [6, 6.07) is 0. The SMILES string of the molecule is CCCCOC(=O)CCCCCC(=O)OC(C)C. The molecule has 18 heavy (non-hydrogen) atoms. The minimum absolute atomic E-state index is 0.0500. The van der Waals surface area contributed by atoms with Gasteiger partial charge in [0.05, 0.1) is 12.7 Å². The van der Waals surface area contributed by atoms with E-state index >= 15 is 0 Å². The van der Waals surface area contributed by atoms with Crippen molar-refractivity contribution >= 4 is 11.9 Å². The molecule has 0 radical (unpaired) electrons. The van der Waals surface area contributed by atoms with E-state index in [-0.39, 0.29) is 18.0 Å². The zero-order chi connectivity index (χ0) is 13.8. The summed E-state index contributed by atoms with van der Waals surface area (Å²) < 4.78 is 10.0. The molecular weight excluding hydrogens is 232 g/mol. The smallest absolute Gasteiger partial charge is 0.306 e. The third-order valence-electron chi connectivity index (χ3n) is 2.39. The molecule has 0 aliphatic rings. The summed E-state index contributed by atoms with van der Waals surface area (Å²) in [5.41, 5.74) is 0. The highest BCUT2D eigenvalue weighted by Gasteiger charge is 2.06. The maximum absolute atomic E-state index is 11.2. The van der Waals surface area contributed by atoms with E-state index in [2.05, 4.69) is 6.92 Å². The fourth-order valence-electron chi connectivity index (χ4n) is 1.44. The van der Waals surface area contributed by atoms with E-state index < -0.39 is 0 Å². The molecule has 0 amide bonds. The van der Waals surface area contributed by atoms with Crippen molar-refractivity contribution < 1.29 is 19.1 Å². The van der Waals surface area contributed by atoms with Crippen LogP contribution in [0.25, 0.3) is 0 Å². The Morgan fingerprint density at radius 2 is 1.56 bits per heavy atom. The standard InChI is InChI=1S/C14H26O4/c1-4-5-11-17-13(15)9-7-6-8-10-14(16)18-12(2)3/h12H,4-11H2,1-3H3. The van der Waals surface area contributed by atoms with Crippen LogP contribution in [0, 0.1) is 0 Å². The summed E-state index contributed by atoms with van der Waals surface area (Å²) in [6.07, 6.45) is 5.19. The number of hydrogen-bond acceptors (Lipinski definition) is 4. The molecule has 0 spiro atoms. The average molecular weight is 258 g/mol. The summed E-state index contributed by atoms with van der Waals surface area (Å²) >= 11 is 0. The Labute approximate surface area is 110 Å². The lowest BCUT2D eigenvalue weighted by atomic mass is 10.1. The van der Waals surface area contributed by atoms with E-state index in [0.29, 0.717) is 19.4 Å². The van der Waals surface area contributed by atoms with E-state index in [9.17, 15) is 9.59 Å². The molecule has 4 heteroatoms. The van der Waals surface area contributed by atoms with Crippen molar-refractivity contribution in [1.82, 2.24) is 0 Å². The van der Waals surface area contributed by atoms with Crippen LogP contribution >= 0.6 is 0 Å². The quantitative estimate of drug-likeness (QED) is 0.446. The van der Waals surface area contributed by atoms with Crippen LogP contribution in [-0.2, 0) is 19.1 Å². The van der Waals surface area contributed by atoms with Gasteiger partial charge in [-0.15, -0.1) is 0 Å². The van der Waals surface area contributed by atoms with Crippen molar-refractivity contribution in [3.63, 3.8) is 0 Å². The molecule has 106 valence electrons. The lowest BCUT2D eigenvalue weighted by Crippen LogP contribution is -2.11. The second kappa shape index (κ2) is 11.1. The van der Waals surface area contributed by atoms with E-state index in [4.69, 9.17) is 9.47 Å². The molecule has 0 aromatic rings. The predicted octanol–water partition coefficient (Wildman–Crippen LogP) is 3.23. The highest BCUT2D eigenvalue weighted by molar-refractivity contribution is 5.70. The summed E-state index contributed by atoms with van der Waals surface area (Å²) in [4.78, 5) is 22.5. The molecule has 0 fully saturated rings. The van der Waals surface area contributed by atoms with Gasteiger partial charge in [0.2, 0.25) is 0 Å². The number of ether oxygens (including phenoxy) is 2. The first-order chi connectivity index (χ1) is 8.56. The van der Waals surface area contributed by atoms with E-state index in [1.807, 2.05) is 13.8 Å². The zero-order valence-corrected chi connectivity index (χ0v) is 11.9. The molecule has 4 nitrogen and oxygen atoms in total. The molecule has 0 heterocycles. The molecular formula is C14H26O4. The highest BCUT2D eigenvalue weighted by atomic mass is 16.5. The summed E-state index contributed by atoms with van der Waals surface area (Å²) in [7, 11) is 0. The Bertz CT molecular complexity index is 236. The van der Waals surface area contributed by atoms with E-state index in [1.54, 1.807) is 0 Å². The van der Waals surface area contributed by atoms with Gasteiger partial charge < -0.3 is 9.47 Å². The molecule has 0 aromatic heterocycles. The maximum atomic E-state index is 11.2. The van der Waals surface area contributed by atoms with Crippen molar-refractivity contribution in [3.05, 3.63) is 0 Å². The average Bonchev–Trinajstić information content (AvgIpc) is 2.28. The first-order valence-corrected chi connectivity index (χ1v) is 6.91. The number of carbonyl (C=O) groups is 2. The topological polar surface area (TPSA) is 52.6 Å². The van der Waals surface area contributed by atoms with Crippen LogP contribution in [0.1, 0.15) is 65.7 Å². The highest BCUT2D eigenvalue weighted by Crippen LogP contribution is 2.06. The van der Waals surface area contributed by atoms with Gasteiger partial charge in [0, 0.05) is 12.8 Å². The van der Waals surface area contributed by atoms with Crippen LogP contribution in [0.4, 0.5) is 0 Å². The van der Waals surface area contributed by atoms with Crippen molar-refractivity contribution in [2.75, 3.05) is 6.61 Å². The predicted molar refractivity (Wildman–Crippen MR) is 70.2 cm³/mol. The van der Waals surface area contributed by atoms with Gasteiger partial charge in [0.1, 0.15) is 0 Å². The number of unbranched alkanes of at least 4 members (excludes halogenated alkanes) is 3. The van der Waals surface area contributed by atoms with Gasteiger partial charge in [-0.3, -0.25) is 9.59 Å². The Hall–Kier alpha value is -1.06. The minimum Gasteiger partial charge on any atom is -0.466 e. The number of carbonyl (C=O) groups excluding carboxylic acids is 2.